The monoisotopic (exact) mass is 224 g/mol. The van der Waals surface area contributed by atoms with Crippen molar-refractivity contribution >= 4 is 5.57 Å². The lowest BCUT2D eigenvalue weighted by atomic mass is 10.1. The minimum absolute atomic E-state index is 0.598. The Labute approximate surface area is 102 Å². The van der Waals surface area contributed by atoms with Crippen LogP contribution in [0.4, 0.5) is 0 Å². The van der Waals surface area contributed by atoms with Gasteiger partial charge in [0, 0.05) is 0 Å². The van der Waals surface area contributed by atoms with Gasteiger partial charge in [0.25, 0.3) is 0 Å². The smallest absolute Gasteiger partial charge is 0.119 e. The van der Waals surface area contributed by atoms with Crippen LogP contribution >= 0.6 is 0 Å². The highest BCUT2D eigenvalue weighted by atomic mass is 16.5. The molecule has 2 aromatic rings. The van der Waals surface area contributed by atoms with Crippen LogP contribution in [0.15, 0.2) is 61.2 Å². The molecule has 0 amide bonds. The van der Waals surface area contributed by atoms with Crippen LogP contribution in [0.3, 0.4) is 0 Å². The minimum Gasteiger partial charge on any atom is -0.489 e. The molecule has 0 N–H and O–H groups in total. The SMILES string of the molecule is C=C(C)c1ccc(COc2ccccc2)cc1. The number of para-hydroxylation sites is 1. The van der Waals surface area contributed by atoms with Gasteiger partial charge in [0.05, 0.1) is 0 Å². The molecule has 0 saturated carbocycles. The molecule has 86 valence electrons. The van der Waals surface area contributed by atoms with E-state index in [1.165, 1.54) is 11.1 Å². The molecule has 2 rings (SSSR count). The van der Waals surface area contributed by atoms with E-state index >= 15 is 0 Å². The average molecular weight is 224 g/mol. The molecule has 0 saturated heterocycles. The Morgan fingerprint density at radius 3 is 2.24 bits per heavy atom. The van der Waals surface area contributed by atoms with Crippen molar-refractivity contribution in [3.05, 3.63) is 72.3 Å². The van der Waals surface area contributed by atoms with Crippen LogP contribution in [0.25, 0.3) is 5.57 Å². The van der Waals surface area contributed by atoms with E-state index in [2.05, 4.69) is 30.8 Å². The van der Waals surface area contributed by atoms with Gasteiger partial charge in [-0.25, -0.2) is 0 Å². The summed E-state index contributed by atoms with van der Waals surface area (Å²) in [6, 6.07) is 18.1. The summed E-state index contributed by atoms with van der Waals surface area (Å²) in [5.74, 6) is 0.900. The van der Waals surface area contributed by atoms with Crippen LogP contribution < -0.4 is 4.74 Å². The first-order valence-corrected chi connectivity index (χ1v) is 5.68. The second-order valence-corrected chi connectivity index (χ2v) is 4.08. The molecule has 0 spiro atoms. The Balaban J connectivity index is 1.98. The molecule has 0 bridgehead atoms. The summed E-state index contributed by atoms with van der Waals surface area (Å²) in [6.45, 7) is 6.52. The quantitative estimate of drug-likeness (QED) is 0.752. The molecule has 1 heteroatoms. The molecule has 0 radical (unpaired) electrons. The van der Waals surface area contributed by atoms with Crippen LogP contribution in [-0.4, -0.2) is 0 Å². The van der Waals surface area contributed by atoms with Gasteiger partial charge < -0.3 is 4.74 Å². The van der Waals surface area contributed by atoms with Gasteiger partial charge in [-0.05, 0) is 30.2 Å². The number of ether oxygens (including phenoxy) is 1. The van der Waals surface area contributed by atoms with Crippen molar-refractivity contribution in [3.63, 3.8) is 0 Å². The van der Waals surface area contributed by atoms with Crippen LogP contribution in [0.2, 0.25) is 0 Å². The van der Waals surface area contributed by atoms with E-state index < -0.39 is 0 Å². The molecular formula is C16H16O. The lowest BCUT2D eigenvalue weighted by Crippen LogP contribution is -1.95. The third-order valence-electron chi connectivity index (χ3n) is 2.60. The lowest BCUT2D eigenvalue weighted by molar-refractivity contribution is 0.306. The van der Waals surface area contributed by atoms with Gasteiger partial charge in [0.15, 0.2) is 0 Å². The maximum atomic E-state index is 5.67. The van der Waals surface area contributed by atoms with Crippen molar-refractivity contribution in [1.82, 2.24) is 0 Å². The Bertz CT molecular complexity index is 483. The molecule has 0 aliphatic rings. The summed E-state index contributed by atoms with van der Waals surface area (Å²) >= 11 is 0. The minimum atomic E-state index is 0.598. The Morgan fingerprint density at radius 2 is 1.65 bits per heavy atom. The fourth-order valence-electron chi connectivity index (χ4n) is 1.57. The fraction of sp³-hybridized carbons (Fsp3) is 0.125. The number of allylic oxidation sites excluding steroid dienone is 1. The van der Waals surface area contributed by atoms with E-state index in [0.29, 0.717) is 6.61 Å². The Morgan fingerprint density at radius 1 is 1.00 bits per heavy atom. The summed E-state index contributed by atoms with van der Waals surface area (Å²) < 4.78 is 5.67. The van der Waals surface area contributed by atoms with E-state index in [1.807, 2.05) is 37.3 Å². The first-order valence-electron chi connectivity index (χ1n) is 5.68. The van der Waals surface area contributed by atoms with Gasteiger partial charge >= 0.3 is 0 Å². The van der Waals surface area contributed by atoms with Crippen LogP contribution in [0.1, 0.15) is 18.1 Å². The molecule has 0 fully saturated rings. The third kappa shape index (κ3) is 3.22. The number of hydrogen-bond donors (Lipinski definition) is 0. The van der Waals surface area contributed by atoms with Crippen LogP contribution in [0, 0.1) is 0 Å². The highest BCUT2D eigenvalue weighted by Gasteiger charge is 1.96. The second kappa shape index (κ2) is 5.35. The molecule has 0 aliphatic carbocycles. The van der Waals surface area contributed by atoms with E-state index in [1.54, 1.807) is 0 Å². The third-order valence-corrected chi connectivity index (χ3v) is 2.60. The number of hydrogen-bond acceptors (Lipinski definition) is 1. The normalized spacial score (nSPS) is 9.94. The van der Waals surface area contributed by atoms with Crippen molar-refractivity contribution in [2.75, 3.05) is 0 Å². The highest BCUT2D eigenvalue weighted by molar-refractivity contribution is 5.61. The maximum absolute atomic E-state index is 5.67. The zero-order valence-corrected chi connectivity index (χ0v) is 10.0. The molecule has 0 aromatic heterocycles. The lowest BCUT2D eigenvalue weighted by Gasteiger charge is -2.07. The standard InChI is InChI=1S/C16H16O/c1-13(2)15-10-8-14(9-11-15)12-17-16-6-4-3-5-7-16/h3-11H,1,12H2,2H3. The van der Waals surface area contributed by atoms with Crippen molar-refractivity contribution < 1.29 is 4.74 Å². The van der Waals surface area contributed by atoms with Gasteiger partial charge in [-0.2, -0.15) is 0 Å². The van der Waals surface area contributed by atoms with E-state index in [-0.39, 0.29) is 0 Å². The molecule has 0 heterocycles. The number of benzene rings is 2. The van der Waals surface area contributed by atoms with E-state index in [9.17, 15) is 0 Å². The second-order valence-electron chi connectivity index (χ2n) is 4.08. The molecule has 1 nitrogen and oxygen atoms in total. The van der Waals surface area contributed by atoms with Crippen LogP contribution in [-0.2, 0) is 6.61 Å². The fourth-order valence-corrected chi connectivity index (χ4v) is 1.57. The Kier molecular flexibility index (Phi) is 3.61. The van der Waals surface area contributed by atoms with Gasteiger partial charge in [-0.1, -0.05) is 54.6 Å². The largest absolute Gasteiger partial charge is 0.489 e. The van der Waals surface area contributed by atoms with Crippen molar-refractivity contribution in [1.29, 1.82) is 0 Å². The predicted octanol–water partition coefficient (Wildman–Crippen LogP) is 4.30. The number of rotatable bonds is 4. The van der Waals surface area contributed by atoms with Gasteiger partial charge in [0.1, 0.15) is 12.4 Å². The van der Waals surface area contributed by atoms with Crippen LogP contribution in [0.5, 0.6) is 5.75 Å². The average Bonchev–Trinajstić information content (AvgIpc) is 2.38. The predicted molar refractivity (Wildman–Crippen MR) is 71.9 cm³/mol. The van der Waals surface area contributed by atoms with E-state index in [4.69, 9.17) is 4.74 Å². The summed E-state index contributed by atoms with van der Waals surface area (Å²) in [5.41, 5.74) is 3.42. The molecule has 0 atom stereocenters. The van der Waals surface area contributed by atoms with E-state index in [0.717, 1.165) is 11.3 Å². The van der Waals surface area contributed by atoms with Crippen molar-refractivity contribution in [2.45, 2.75) is 13.5 Å². The molecule has 17 heavy (non-hydrogen) atoms. The van der Waals surface area contributed by atoms with Crippen molar-refractivity contribution in [2.24, 2.45) is 0 Å². The molecular weight excluding hydrogens is 208 g/mol. The van der Waals surface area contributed by atoms with Gasteiger partial charge in [-0.15, -0.1) is 0 Å². The van der Waals surface area contributed by atoms with Gasteiger partial charge in [-0.3, -0.25) is 0 Å². The summed E-state index contributed by atoms with van der Waals surface area (Å²) in [4.78, 5) is 0. The molecule has 0 unspecified atom stereocenters. The highest BCUT2D eigenvalue weighted by Crippen LogP contribution is 2.15. The zero-order valence-electron chi connectivity index (χ0n) is 10.0. The molecule has 0 aliphatic heterocycles. The topological polar surface area (TPSA) is 9.23 Å². The van der Waals surface area contributed by atoms with Crippen molar-refractivity contribution in [3.8, 4) is 5.75 Å². The van der Waals surface area contributed by atoms with Gasteiger partial charge in [0.2, 0.25) is 0 Å². The Hall–Kier alpha value is -2.02. The maximum Gasteiger partial charge on any atom is 0.119 e. The summed E-state index contributed by atoms with van der Waals surface area (Å²) in [5, 5.41) is 0. The zero-order chi connectivity index (χ0) is 12.1. The first-order chi connectivity index (χ1) is 8.25. The first kappa shape index (κ1) is 11.5. The summed E-state index contributed by atoms with van der Waals surface area (Å²) in [7, 11) is 0. The molecule has 2 aromatic carbocycles. The summed E-state index contributed by atoms with van der Waals surface area (Å²) in [6.07, 6.45) is 0.